The maximum atomic E-state index is 12.7. The van der Waals surface area contributed by atoms with Crippen molar-refractivity contribution in [1.29, 1.82) is 0 Å². The van der Waals surface area contributed by atoms with Gasteiger partial charge in [0.05, 0.1) is 10.5 Å². The Morgan fingerprint density at radius 2 is 1.90 bits per heavy atom. The quantitative estimate of drug-likeness (QED) is 0.751. The van der Waals surface area contributed by atoms with Gasteiger partial charge in [-0.25, -0.2) is 13.1 Å². The third kappa shape index (κ3) is 4.96. The van der Waals surface area contributed by atoms with Crippen LogP contribution >= 0.6 is 15.9 Å². The van der Waals surface area contributed by atoms with Gasteiger partial charge in [-0.1, -0.05) is 28.9 Å². The molecule has 0 saturated heterocycles. The predicted molar refractivity (Wildman–Crippen MR) is 78.9 cm³/mol. The fourth-order valence-electron chi connectivity index (χ4n) is 1.73. The van der Waals surface area contributed by atoms with Crippen LogP contribution in [-0.2, 0) is 16.2 Å². The molecular weight excluding hydrogens is 371 g/mol. The van der Waals surface area contributed by atoms with E-state index in [4.69, 9.17) is 0 Å². The first-order valence-electron chi connectivity index (χ1n) is 6.31. The normalized spacial score (nSPS) is 15.7. The van der Waals surface area contributed by atoms with E-state index in [0.29, 0.717) is 24.2 Å². The molecule has 0 radical (unpaired) electrons. The zero-order valence-corrected chi connectivity index (χ0v) is 14.1. The number of sulfonamides is 1. The van der Waals surface area contributed by atoms with Crippen LogP contribution in [0.25, 0.3) is 0 Å². The number of hydrogen-bond acceptors (Lipinski definition) is 2. The summed E-state index contributed by atoms with van der Waals surface area (Å²) in [6, 6.07) is 3.73. The van der Waals surface area contributed by atoms with Gasteiger partial charge >= 0.3 is 6.18 Å². The van der Waals surface area contributed by atoms with Gasteiger partial charge in [0, 0.05) is 10.9 Å². The lowest BCUT2D eigenvalue weighted by molar-refractivity contribution is -0.137. The average Bonchev–Trinajstić information content (AvgIpc) is 2.37. The topological polar surface area (TPSA) is 46.2 Å². The van der Waals surface area contributed by atoms with Gasteiger partial charge in [0.1, 0.15) is 0 Å². The second-order valence-electron chi connectivity index (χ2n) is 4.98. The zero-order valence-electron chi connectivity index (χ0n) is 11.7. The molecule has 1 N–H and O–H groups in total. The molecule has 1 rings (SSSR count). The van der Waals surface area contributed by atoms with Crippen LogP contribution in [0.1, 0.15) is 32.3 Å². The van der Waals surface area contributed by atoms with Crippen molar-refractivity contribution < 1.29 is 21.6 Å². The Morgan fingerprint density at radius 1 is 1.29 bits per heavy atom. The Labute approximate surface area is 131 Å². The predicted octanol–water partition coefficient (Wildman–Crippen LogP) is 3.94. The van der Waals surface area contributed by atoms with E-state index < -0.39 is 27.3 Å². The molecule has 0 spiro atoms. The number of rotatable bonds is 6. The molecule has 0 aliphatic rings. The minimum Gasteiger partial charge on any atom is -0.207 e. The van der Waals surface area contributed by atoms with Crippen LogP contribution in [0, 0.1) is 0 Å². The highest BCUT2D eigenvalue weighted by Crippen LogP contribution is 2.31. The van der Waals surface area contributed by atoms with E-state index in [-0.39, 0.29) is 4.90 Å². The summed E-state index contributed by atoms with van der Waals surface area (Å²) < 4.78 is 65.0. The standard InChI is InChI=1S/C13H17BrF3NO2S/c1-3-12(2,7-8-14)18-21(19,20)11-6-4-5-10(9-11)13(15,16)17/h4-6,9,18H,3,7-8H2,1-2H3. The van der Waals surface area contributed by atoms with Gasteiger partial charge in [-0.3, -0.25) is 0 Å². The fraction of sp³-hybridized carbons (Fsp3) is 0.538. The Morgan fingerprint density at radius 3 is 2.38 bits per heavy atom. The summed E-state index contributed by atoms with van der Waals surface area (Å²) in [5, 5.41) is 0.586. The maximum absolute atomic E-state index is 12.7. The second-order valence-corrected chi connectivity index (χ2v) is 7.46. The molecule has 1 aromatic carbocycles. The van der Waals surface area contributed by atoms with Gasteiger partial charge in [0.25, 0.3) is 0 Å². The number of nitrogens with one attached hydrogen (secondary N) is 1. The monoisotopic (exact) mass is 387 g/mol. The summed E-state index contributed by atoms with van der Waals surface area (Å²) in [6.07, 6.45) is -3.52. The molecule has 0 saturated carbocycles. The van der Waals surface area contributed by atoms with Crippen LogP contribution in [0.4, 0.5) is 13.2 Å². The third-order valence-corrected chi connectivity index (χ3v) is 5.31. The first-order valence-corrected chi connectivity index (χ1v) is 8.92. The Bertz CT molecular complexity index is 589. The molecule has 120 valence electrons. The largest absolute Gasteiger partial charge is 0.416 e. The van der Waals surface area contributed by atoms with Crippen LogP contribution in [0.3, 0.4) is 0 Å². The van der Waals surface area contributed by atoms with E-state index in [1.165, 1.54) is 0 Å². The molecule has 1 atom stereocenters. The Hall–Kier alpha value is -0.600. The van der Waals surface area contributed by atoms with Crippen molar-refractivity contribution in [2.45, 2.75) is 43.3 Å². The number of hydrogen-bond donors (Lipinski definition) is 1. The van der Waals surface area contributed by atoms with Gasteiger partial charge in [0.2, 0.25) is 10.0 Å². The minimum absolute atomic E-state index is 0.383. The number of benzene rings is 1. The molecule has 0 fully saturated rings. The van der Waals surface area contributed by atoms with Crippen molar-refractivity contribution in [1.82, 2.24) is 4.72 Å². The summed E-state index contributed by atoms with van der Waals surface area (Å²) in [4.78, 5) is -0.383. The molecular formula is C13H17BrF3NO2S. The van der Waals surface area contributed by atoms with Gasteiger partial charge in [-0.2, -0.15) is 13.2 Å². The highest BCUT2D eigenvalue weighted by Gasteiger charge is 2.33. The van der Waals surface area contributed by atoms with Gasteiger partial charge in [-0.15, -0.1) is 0 Å². The first kappa shape index (κ1) is 18.4. The van der Waals surface area contributed by atoms with E-state index in [9.17, 15) is 21.6 Å². The van der Waals surface area contributed by atoms with Crippen molar-refractivity contribution >= 4 is 26.0 Å². The fourth-order valence-corrected chi connectivity index (χ4v) is 4.16. The molecule has 1 unspecified atom stereocenters. The van der Waals surface area contributed by atoms with Crippen LogP contribution in [-0.4, -0.2) is 19.3 Å². The van der Waals surface area contributed by atoms with E-state index in [2.05, 4.69) is 20.7 Å². The molecule has 0 aliphatic carbocycles. The van der Waals surface area contributed by atoms with Crippen molar-refractivity contribution in [2.24, 2.45) is 0 Å². The van der Waals surface area contributed by atoms with Gasteiger partial charge in [0.15, 0.2) is 0 Å². The molecule has 8 heteroatoms. The average molecular weight is 388 g/mol. The van der Waals surface area contributed by atoms with Crippen LogP contribution in [0.5, 0.6) is 0 Å². The van der Waals surface area contributed by atoms with Crippen molar-refractivity contribution in [3.8, 4) is 0 Å². The van der Waals surface area contributed by atoms with E-state index in [1.807, 2.05) is 6.92 Å². The molecule has 3 nitrogen and oxygen atoms in total. The molecule has 0 aromatic heterocycles. The molecule has 0 aliphatic heterocycles. The van der Waals surface area contributed by atoms with Crippen LogP contribution in [0.2, 0.25) is 0 Å². The Kier molecular flexibility index (Phi) is 5.85. The number of halogens is 4. The van der Waals surface area contributed by atoms with Crippen LogP contribution < -0.4 is 4.72 Å². The van der Waals surface area contributed by atoms with E-state index >= 15 is 0 Å². The first-order chi connectivity index (χ1) is 9.54. The SMILES string of the molecule is CCC(C)(CCBr)NS(=O)(=O)c1cccc(C(F)(F)F)c1. The third-order valence-electron chi connectivity index (χ3n) is 3.28. The lowest BCUT2D eigenvalue weighted by atomic mass is 9.98. The number of alkyl halides is 4. The summed E-state index contributed by atoms with van der Waals surface area (Å²) in [5.74, 6) is 0. The zero-order chi connectivity index (χ0) is 16.3. The molecule has 0 bridgehead atoms. The van der Waals surface area contributed by atoms with Gasteiger partial charge in [-0.05, 0) is 38.0 Å². The van der Waals surface area contributed by atoms with Crippen LogP contribution in [0.15, 0.2) is 29.2 Å². The highest BCUT2D eigenvalue weighted by atomic mass is 79.9. The van der Waals surface area contributed by atoms with Crippen molar-refractivity contribution in [2.75, 3.05) is 5.33 Å². The molecule has 21 heavy (non-hydrogen) atoms. The molecule has 0 amide bonds. The summed E-state index contributed by atoms with van der Waals surface area (Å²) in [6.45, 7) is 3.54. The highest BCUT2D eigenvalue weighted by molar-refractivity contribution is 9.09. The summed E-state index contributed by atoms with van der Waals surface area (Å²) in [7, 11) is -4.01. The summed E-state index contributed by atoms with van der Waals surface area (Å²) in [5.41, 5.74) is -1.69. The molecule has 1 aromatic rings. The second kappa shape index (κ2) is 6.66. The van der Waals surface area contributed by atoms with E-state index in [0.717, 1.165) is 18.2 Å². The maximum Gasteiger partial charge on any atom is 0.416 e. The lowest BCUT2D eigenvalue weighted by Gasteiger charge is -2.28. The Balaban J connectivity index is 3.14. The molecule has 0 heterocycles. The van der Waals surface area contributed by atoms with Gasteiger partial charge < -0.3 is 0 Å². The minimum atomic E-state index is -4.57. The van der Waals surface area contributed by atoms with E-state index in [1.54, 1.807) is 6.92 Å². The smallest absolute Gasteiger partial charge is 0.207 e. The van der Waals surface area contributed by atoms with Crippen molar-refractivity contribution in [3.05, 3.63) is 29.8 Å². The summed E-state index contributed by atoms with van der Waals surface area (Å²) >= 11 is 3.24. The lowest BCUT2D eigenvalue weighted by Crippen LogP contribution is -2.45. The van der Waals surface area contributed by atoms with Crippen molar-refractivity contribution in [3.63, 3.8) is 0 Å².